The average molecular weight is 164 g/mol. The predicted octanol–water partition coefficient (Wildman–Crippen LogP) is 3.63. The molecule has 0 nitrogen and oxygen atoms in total. The fraction of sp³-hybridized carbons (Fsp3) is 0.833. The van der Waals surface area contributed by atoms with Gasteiger partial charge in [0.05, 0.1) is 0 Å². The van der Waals surface area contributed by atoms with Crippen LogP contribution in [-0.2, 0) is 0 Å². The van der Waals surface area contributed by atoms with Gasteiger partial charge >= 0.3 is 0 Å². The second-order valence-electron chi connectivity index (χ2n) is 4.24. The molecular formula is C12H20. The lowest BCUT2D eigenvalue weighted by Crippen LogP contribution is -2.16. The first-order valence-corrected chi connectivity index (χ1v) is 5.62. The Hall–Kier alpha value is -0.260. The summed E-state index contributed by atoms with van der Waals surface area (Å²) in [5.74, 6) is 4.36. The van der Waals surface area contributed by atoms with Crippen molar-refractivity contribution in [1.82, 2.24) is 0 Å². The number of hydrogen-bond donors (Lipinski definition) is 0. The van der Waals surface area contributed by atoms with Gasteiger partial charge in [-0.2, -0.15) is 0 Å². The van der Waals surface area contributed by atoms with Crippen LogP contribution in [0.4, 0.5) is 0 Å². The summed E-state index contributed by atoms with van der Waals surface area (Å²) >= 11 is 0. The summed E-state index contributed by atoms with van der Waals surface area (Å²) in [6, 6.07) is 0. The molecule has 3 aliphatic rings. The average Bonchev–Trinajstić information content (AvgIpc) is 2.81. The normalized spacial score (nSPS) is 47.2. The van der Waals surface area contributed by atoms with E-state index in [0.717, 1.165) is 23.7 Å². The van der Waals surface area contributed by atoms with Gasteiger partial charge in [0.1, 0.15) is 0 Å². The third-order valence-electron chi connectivity index (χ3n) is 3.92. The summed E-state index contributed by atoms with van der Waals surface area (Å²) in [5, 5.41) is 0. The Morgan fingerprint density at radius 1 is 1.08 bits per heavy atom. The maximum Gasteiger partial charge on any atom is -0.0171 e. The highest BCUT2D eigenvalue weighted by Crippen LogP contribution is 2.56. The molecule has 4 unspecified atom stereocenters. The molecule has 0 N–H and O–H groups in total. The molecule has 3 rings (SSSR count). The van der Waals surface area contributed by atoms with Crippen LogP contribution < -0.4 is 0 Å². The molecule has 12 heavy (non-hydrogen) atoms. The van der Waals surface area contributed by atoms with Gasteiger partial charge in [-0.05, 0) is 49.4 Å². The minimum Gasteiger partial charge on any atom is -0.0879 e. The van der Waals surface area contributed by atoms with Gasteiger partial charge in [0.25, 0.3) is 0 Å². The highest BCUT2D eigenvalue weighted by Gasteiger charge is 2.47. The molecule has 0 amide bonds. The van der Waals surface area contributed by atoms with Crippen LogP contribution in [0.25, 0.3) is 0 Å². The van der Waals surface area contributed by atoms with E-state index in [9.17, 15) is 0 Å². The second kappa shape index (κ2) is 3.24. The van der Waals surface area contributed by atoms with Gasteiger partial charge in [0, 0.05) is 0 Å². The fourth-order valence-corrected chi connectivity index (χ4v) is 3.50. The predicted molar refractivity (Wildman–Crippen MR) is 52.9 cm³/mol. The lowest BCUT2D eigenvalue weighted by Gasteiger charge is -2.23. The Morgan fingerprint density at radius 3 is 2.58 bits per heavy atom. The van der Waals surface area contributed by atoms with Crippen molar-refractivity contribution in [1.29, 1.82) is 0 Å². The monoisotopic (exact) mass is 164 g/mol. The van der Waals surface area contributed by atoms with Gasteiger partial charge in [-0.15, -0.1) is 0 Å². The minimum atomic E-state index is 1.03. The van der Waals surface area contributed by atoms with Gasteiger partial charge in [-0.3, -0.25) is 0 Å². The topological polar surface area (TPSA) is 0 Å². The van der Waals surface area contributed by atoms with Crippen molar-refractivity contribution >= 4 is 0 Å². The van der Waals surface area contributed by atoms with Crippen molar-refractivity contribution in [2.45, 2.75) is 39.5 Å². The zero-order valence-electron chi connectivity index (χ0n) is 8.29. The molecule has 3 aliphatic carbocycles. The molecule has 2 fully saturated rings. The molecule has 0 aromatic carbocycles. The molecule has 4 atom stereocenters. The third kappa shape index (κ3) is 1.04. The summed E-state index contributed by atoms with van der Waals surface area (Å²) in [4.78, 5) is 0. The van der Waals surface area contributed by atoms with Crippen molar-refractivity contribution in [3.63, 3.8) is 0 Å². The van der Waals surface area contributed by atoms with E-state index >= 15 is 0 Å². The first-order chi connectivity index (χ1) is 5.95. The maximum atomic E-state index is 2.49. The van der Waals surface area contributed by atoms with Gasteiger partial charge in [-0.1, -0.05) is 26.0 Å². The summed E-state index contributed by atoms with van der Waals surface area (Å²) in [7, 11) is 0. The lowest BCUT2D eigenvalue weighted by molar-refractivity contribution is 0.285. The van der Waals surface area contributed by atoms with Crippen LogP contribution in [-0.4, -0.2) is 0 Å². The molecule has 68 valence electrons. The van der Waals surface area contributed by atoms with Crippen LogP contribution in [0.1, 0.15) is 39.5 Å². The summed E-state index contributed by atoms with van der Waals surface area (Å²) < 4.78 is 0. The highest BCUT2D eigenvalue weighted by molar-refractivity contribution is 5.11. The lowest BCUT2D eigenvalue weighted by atomic mass is 9.82. The third-order valence-corrected chi connectivity index (χ3v) is 3.92. The molecule has 0 heteroatoms. The molecule has 0 aromatic heterocycles. The molecule has 0 spiro atoms. The van der Waals surface area contributed by atoms with Crippen molar-refractivity contribution in [2.24, 2.45) is 23.7 Å². The summed E-state index contributed by atoms with van der Waals surface area (Å²) in [5.41, 5.74) is 0. The van der Waals surface area contributed by atoms with Crippen LogP contribution in [0.15, 0.2) is 12.2 Å². The van der Waals surface area contributed by atoms with Gasteiger partial charge in [0.2, 0.25) is 0 Å². The standard InChI is InChI=1S/C10H14.C2H6/c1-2-9-7-4-5-8(6-7)10(9)3-1;1-2/h1-2,7-10H,3-6H2;1-2H3. The Morgan fingerprint density at radius 2 is 1.83 bits per heavy atom. The number of fused-ring (bicyclic) bond motifs is 5. The smallest absolute Gasteiger partial charge is 0.0171 e. The molecule has 0 saturated heterocycles. The Balaban J connectivity index is 0.000000264. The Kier molecular flexibility index (Phi) is 2.25. The van der Waals surface area contributed by atoms with Crippen LogP contribution in [0.5, 0.6) is 0 Å². The largest absolute Gasteiger partial charge is 0.0879 e. The SMILES string of the molecule is C1=CC2C3CCC(C3)C2C1.CC. The molecule has 0 aliphatic heterocycles. The molecule has 0 aromatic rings. The Labute approximate surface area is 76.1 Å². The van der Waals surface area contributed by atoms with E-state index in [1.807, 2.05) is 13.8 Å². The first-order valence-electron chi connectivity index (χ1n) is 5.62. The summed E-state index contributed by atoms with van der Waals surface area (Å²) in [6.07, 6.45) is 11.0. The van der Waals surface area contributed by atoms with Crippen LogP contribution in [0.2, 0.25) is 0 Å². The first kappa shape index (κ1) is 8.34. The van der Waals surface area contributed by atoms with Gasteiger partial charge in [0.15, 0.2) is 0 Å². The van der Waals surface area contributed by atoms with Crippen LogP contribution in [0.3, 0.4) is 0 Å². The minimum absolute atomic E-state index is 1.03. The van der Waals surface area contributed by atoms with Crippen molar-refractivity contribution in [3.8, 4) is 0 Å². The van der Waals surface area contributed by atoms with Crippen molar-refractivity contribution in [2.75, 3.05) is 0 Å². The summed E-state index contributed by atoms with van der Waals surface area (Å²) in [6.45, 7) is 4.00. The highest BCUT2D eigenvalue weighted by atomic mass is 14.5. The second-order valence-corrected chi connectivity index (χ2v) is 4.24. The quantitative estimate of drug-likeness (QED) is 0.479. The maximum absolute atomic E-state index is 2.49. The van der Waals surface area contributed by atoms with E-state index in [1.54, 1.807) is 12.8 Å². The zero-order valence-corrected chi connectivity index (χ0v) is 8.29. The number of rotatable bonds is 0. The zero-order chi connectivity index (χ0) is 8.55. The van der Waals surface area contributed by atoms with Gasteiger partial charge in [-0.25, -0.2) is 0 Å². The fourth-order valence-electron chi connectivity index (χ4n) is 3.50. The molecule has 0 radical (unpaired) electrons. The van der Waals surface area contributed by atoms with Crippen molar-refractivity contribution in [3.05, 3.63) is 12.2 Å². The van der Waals surface area contributed by atoms with E-state index in [-0.39, 0.29) is 0 Å². The Bertz CT molecular complexity index is 180. The molecule has 2 saturated carbocycles. The van der Waals surface area contributed by atoms with Crippen molar-refractivity contribution < 1.29 is 0 Å². The van der Waals surface area contributed by atoms with E-state index in [0.29, 0.717) is 0 Å². The molecule has 0 heterocycles. The molecule has 2 bridgehead atoms. The van der Waals surface area contributed by atoms with Crippen LogP contribution in [0, 0.1) is 23.7 Å². The van der Waals surface area contributed by atoms with Crippen LogP contribution >= 0.6 is 0 Å². The van der Waals surface area contributed by atoms with E-state index in [2.05, 4.69) is 12.2 Å². The van der Waals surface area contributed by atoms with E-state index in [1.165, 1.54) is 12.8 Å². The van der Waals surface area contributed by atoms with E-state index in [4.69, 9.17) is 0 Å². The van der Waals surface area contributed by atoms with E-state index < -0.39 is 0 Å². The van der Waals surface area contributed by atoms with Gasteiger partial charge < -0.3 is 0 Å². The molecular weight excluding hydrogens is 144 g/mol. The number of allylic oxidation sites excluding steroid dienone is 2. The number of hydrogen-bond acceptors (Lipinski definition) is 0.